The standard InChI is InChI=1S/C18H19FN2O2/c1-13(2)15-5-3-14(4-6-15)11-20-21-18(22)12-23-17-9-7-16(19)8-10-17/h3-11,13H,12H2,1-2H3,(H,21,22)/b20-11-. The van der Waals surface area contributed by atoms with Crippen molar-refractivity contribution in [1.29, 1.82) is 0 Å². The predicted molar refractivity (Wildman–Crippen MR) is 88.2 cm³/mol. The third-order valence-electron chi connectivity index (χ3n) is 3.19. The lowest BCUT2D eigenvalue weighted by molar-refractivity contribution is -0.123. The molecule has 23 heavy (non-hydrogen) atoms. The van der Waals surface area contributed by atoms with E-state index >= 15 is 0 Å². The minimum Gasteiger partial charge on any atom is -0.484 e. The zero-order valence-corrected chi connectivity index (χ0v) is 13.1. The van der Waals surface area contributed by atoms with Crippen molar-refractivity contribution >= 4 is 12.1 Å². The molecule has 0 spiro atoms. The Bertz CT molecular complexity index is 664. The highest BCUT2D eigenvalue weighted by molar-refractivity contribution is 5.82. The summed E-state index contributed by atoms with van der Waals surface area (Å²) in [5, 5.41) is 3.88. The first-order chi connectivity index (χ1) is 11.0. The van der Waals surface area contributed by atoms with Crippen molar-refractivity contribution in [3.05, 3.63) is 65.5 Å². The molecule has 2 aromatic carbocycles. The number of rotatable bonds is 6. The van der Waals surface area contributed by atoms with Crippen molar-refractivity contribution in [1.82, 2.24) is 5.43 Å². The fourth-order valence-corrected chi connectivity index (χ4v) is 1.86. The summed E-state index contributed by atoms with van der Waals surface area (Å²) in [5.74, 6) is 0.165. The van der Waals surface area contributed by atoms with Crippen LogP contribution in [0.1, 0.15) is 30.9 Å². The van der Waals surface area contributed by atoms with E-state index < -0.39 is 0 Å². The minimum atomic E-state index is -0.385. The van der Waals surface area contributed by atoms with Gasteiger partial charge in [0.1, 0.15) is 11.6 Å². The number of benzene rings is 2. The van der Waals surface area contributed by atoms with Gasteiger partial charge in [0.15, 0.2) is 6.61 Å². The van der Waals surface area contributed by atoms with E-state index in [1.54, 1.807) is 6.21 Å². The van der Waals surface area contributed by atoms with Gasteiger partial charge in [-0.05, 0) is 41.3 Å². The third-order valence-corrected chi connectivity index (χ3v) is 3.19. The molecule has 0 unspecified atom stereocenters. The van der Waals surface area contributed by atoms with Gasteiger partial charge in [0.2, 0.25) is 0 Å². The number of ether oxygens (including phenoxy) is 1. The molecule has 0 bridgehead atoms. The van der Waals surface area contributed by atoms with Crippen LogP contribution in [0, 0.1) is 5.82 Å². The molecule has 0 aromatic heterocycles. The lowest BCUT2D eigenvalue weighted by atomic mass is 10.0. The van der Waals surface area contributed by atoms with Crippen LogP contribution < -0.4 is 10.2 Å². The van der Waals surface area contributed by atoms with Crippen LogP contribution in [0.2, 0.25) is 0 Å². The molecule has 4 nitrogen and oxygen atoms in total. The summed E-state index contributed by atoms with van der Waals surface area (Å²) in [6.45, 7) is 4.07. The Morgan fingerprint density at radius 3 is 2.43 bits per heavy atom. The molecule has 2 aromatic rings. The number of carbonyl (C=O) groups excluding carboxylic acids is 1. The van der Waals surface area contributed by atoms with Gasteiger partial charge in [-0.1, -0.05) is 38.1 Å². The molecule has 0 heterocycles. The molecule has 0 saturated carbocycles. The van der Waals surface area contributed by atoms with Crippen LogP contribution in [0.3, 0.4) is 0 Å². The SMILES string of the molecule is CC(C)c1ccc(/C=N\NC(=O)COc2ccc(F)cc2)cc1. The average Bonchev–Trinajstić information content (AvgIpc) is 2.55. The largest absolute Gasteiger partial charge is 0.484 e. The van der Waals surface area contributed by atoms with Crippen LogP contribution >= 0.6 is 0 Å². The monoisotopic (exact) mass is 314 g/mol. The van der Waals surface area contributed by atoms with Gasteiger partial charge in [-0.15, -0.1) is 0 Å². The first-order valence-electron chi connectivity index (χ1n) is 7.35. The van der Waals surface area contributed by atoms with Gasteiger partial charge in [0.05, 0.1) is 6.21 Å². The molecule has 0 fully saturated rings. The number of nitrogens with zero attached hydrogens (tertiary/aromatic N) is 1. The Labute approximate surface area is 135 Å². The van der Waals surface area contributed by atoms with E-state index in [0.29, 0.717) is 11.7 Å². The molecule has 0 aliphatic carbocycles. The molecule has 0 radical (unpaired) electrons. The second-order valence-electron chi connectivity index (χ2n) is 5.36. The fraction of sp³-hybridized carbons (Fsp3) is 0.222. The molecule has 0 aliphatic rings. The van der Waals surface area contributed by atoms with Gasteiger partial charge in [-0.3, -0.25) is 4.79 Å². The van der Waals surface area contributed by atoms with Crippen LogP contribution in [-0.4, -0.2) is 18.7 Å². The summed E-state index contributed by atoms with van der Waals surface area (Å²) in [5.41, 5.74) is 4.53. The van der Waals surface area contributed by atoms with E-state index in [2.05, 4.69) is 24.4 Å². The zero-order chi connectivity index (χ0) is 16.7. The molecule has 0 saturated heterocycles. The highest BCUT2D eigenvalue weighted by Gasteiger charge is 2.02. The number of hydrazone groups is 1. The molecule has 5 heteroatoms. The van der Waals surface area contributed by atoms with Crippen molar-refractivity contribution < 1.29 is 13.9 Å². The van der Waals surface area contributed by atoms with Gasteiger partial charge in [-0.2, -0.15) is 5.10 Å². The maximum Gasteiger partial charge on any atom is 0.277 e. The normalized spacial score (nSPS) is 11.0. The number of carbonyl (C=O) groups is 1. The van der Waals surface area contributed by atoms with Gasteiger partial charge < -0.3 is 4.74 Å². The molecule has 0 aliphatic heterocycles. The molecule has 1 N–H and O–H groups in total. The van der Waals surface area contributed by atoms with E-state index in [-0.39, 0.29) is 18.3 Å². The second-order valence-corrected chi connectivity index (χ2v) is 5.36. The third kappa shape index (κ3) is 5.54. The molecular weight excluding hydrogens is 295 g/mol. The smallest absolute Gasteiger partial charge is 0.277 e. The van der Waals surface area contributed by atoms with Crippen LogP contribution in [0.4, 0.5) is 4.39 Å². The van der Waals surface area contributed by atoms with Crippen molar-refractivity contribution in [2.45, 2.75) is 19.8 Å². The average molecular weight is 314 g/mol. The number of nitrogens with one attached hydrogen (secondary N) is 1. The van der Waals surface area contributed by atoms with Crippen LogP contribution in [0.15, 0.2) is 53.6 Å². The summed E-state index contributed by atoms with van der Waals surface area (Å²) in [6.07, 6.45) is 1.57. The van der Waals surface area contributed by atoms with Crippen molar-refractivity contribution in [2.24, 2.45) is 5.10 Å². The van der Waals surface area contributed by atoms with E-state index in [1.165, 1.54) is 29.8 Å². The maximum absolute atomic E-state index is 12.7. The second kappa shape index (κ2) is 8.08. The Balaban J connectivity index is 1.78. The first-order valence-corrected chi connectivity index (χ1v) is 7.35. The zero-order valence-electron chi connectivity index (χ0n) is 13.1. The summed E-state index contributed by atoms with van der Waals surface area (Å²) >= 11 is 0. The Morgan fingerprint density at radius 1 is 1.17 bits per heavy atom. The Hall–Kier alpha value is -2.69. The predicted octanol–water partition coefficient (Wildman–Crippen LogP) is 3.48. The van der Waals surface area contributed by atoms with E-state index in [1.807, 2.05) is 24.3 Å². The molecule has 2 rings (SSSR count). The summed E-state index contributed by atoms with van der Waals surface area (Å²) in [6, 6.07) is 13.4. The van der Waals surface area contributed by atoms with Crippen LogP contribution in [0.25, 0.3) is 0 Å². The molecule has 120 valence electrons. The Morgan fingerprint density at radius 2 is 1.83 bits per heavy atom. The molecular formula is C18H19FN2O2. The van der Waals surface area contributed by atoms with E-state index in [9.17, 15) is 9.18 Å². The number of amides is 1. The highest BCUT2D eigenvalue weighted by Crippen LogP contribution is 2.14. The van der Waals surface area contributed by atoms with Gasteiger partial charge >= 0.3 is 0 Å². The number of hydrogen-bond acceptors (Lipinski definition) is 3. The van der Waals surface area contributed by atoms with Crippen molar-refractivity contribution in [2.75, 3.05) is 6.61 Å². The van der Waals surface area contributed by atoms with Gasteiger partial charge in [-0.25, -0.2) is 9.82 Å². The fourth-order valence-electron chi connectivity index (χ4n) is 1.86. The lowest BCUT2D eigenvalue weighted by Crippen LogP contribution is -2.24. The van der Waals surface area contributed by atoms with Gasteiger partial charge in [0, 0.05) is 0 Å². The van der Waals surface area contributed by atoms with Crippen LogP contribution in [-0.2, 0) is 4.79 Å². The van der Waals surface area contributed by atoms with Gasteiger partial charge in [0.25, 0.3) is 5.91 Å². The minimum absolute atomic E-state index is 0.185. The number of halogens is 1. The number of hydrogen-bond donors (Lipinski definition) is 1. The van der Waals surface area contributed by atoms with Crippen molar-refractivity contribution in [3.63, 3.8) is 0 Å². The topological polar surface area (TPSA) is 50.7 Å². The highest BCUT2D eigenvalue weighted by atomic mass is 19.1. The first kappa shape index (κ1) is 16.7. The Kier molecular flexibility index (Phi) is 5.86. The maximum atomic E-state index is 12.7. The molecule has 1 amide bonds. The lowest BCUT2D eigenvalue weighted by Gasteiger charge is -2.05. The quantitative estimate of drug-likeness (QED) is 0.655. The van der Waals surface area contributed by atoms with Crippen molar-refractivity contribution in [3.8, 4) is 5.75 Å². The van der Waals surface area contributed by atoms with Crippen LogP contribution in [0.5, 0.6) is 5.75 Å². The van der Waals surface area contributed by atoms with E-state index in [4.69, 9.17) is 4.74 Å². The summed E-state index contributed by atoms with van der Waals surface area (Å²) < 4.78 is 17.9. The summed E-state index contributed by atoms with van der Waals surface area (Å²) in [4.78, 5) is 11.6. The summed E-state index contributed by atoms with van der Waals surface area (Å²) in [7, 11) is 0. The van der Waals surface area contributed by atoms with E-state index in [0.717, 1.165) is 5.56 Å². The molecule has 0 atom stereocenters.